The first-order valence-electron chi connectivity index (χ1n) is 12.1. The summed E-state index contributed by atoms with van der Waals surface area (Å²) in [6.07, 6.45) is 8.45. The summed E-state index contributed by atoms with van der Waals surface area (Å²) in [6, 6.07) is 0. The van der Waals surface area contributed by atoms with Crippen LogP contribution in [-0.2, 0) is 14.4 Å². The number of rotatable bonds is 2. The highest BCUT2D eigenvalue weighted by molar-refractivity contribution is 5.98. The molecule has 6 aliphatic rings. The predicted octanol–water partition coefficient (Wildman–Crippen LogP) is 3.73. The summed E-state index contributed by atoms with van der Waals surface area (Å²) >= 11 is 0. The molecule has 4 saturated carbocycles. The van der Waals surface area contributed by atoms with Gasteiger partial charge in [0.2, 0.25) is 0 Å². The van der Waals surface area contributed by atoms with Crippen molar-refractivity contribution in [3.63, 3.8) is 0 Å². The Labute approximate surface area is 179 Å². The van der Waals surface area contributed by atoms with Gasteiger partial charge in [0.25, 0.3) is 0 Å². The molecule has 2 bridgehead atoms. The van der Waals surface area contributed by atoms with Crippen LogP contribution in [-0.4, -0.2) is 17.5 Å². The number of carbonyl (C=O) groups is 3. The van der Waals surface area contributed by atoms with Gasteiger partial charge in [-0.25, -0.2) is 0 Å². The van der Waals surface area contributed by atoms with Crippen LogP contribution in [0.3, 0.4) is 0 Å². The number of carboxylic acid groups (broad SMARTS) is 1. The third-order valence-corrected chi connectivity index (χ3v) is 10.5. The number of Topliss-reactive ketones (excluding diaryl/α,β-unsaturated/α-hetero) is 2. The summed E-state index contributed by atoms with van der Waals surface area (Å²) in [6.45, 7) is 8.63. The van der Waals surface area contributed by atoms with Gasteiger partial charge in [0.05, 0.1) is 0 Å². The van der Waals surface area contributed by atoms with E-state index in [0.717, 1.165) is 32.1 Å². The topological polar surface area (TPSA) is 74.3 Å². The molecule has 0 aromatic rings. The van der Waals surface area contributed by atoms with Crippen molar-refractivity contribution in [3.8, 4) is 0 Å². The molecular weight excluding hydrogens is 376 g/mol. The Morgan fingerprint density at radius 1 is 1.07 bits per heavy atom. The third-order valence-electron chi connectivity index (χ3n) is 10.5. The Balaban J connectivity index is 1.67. The number of hydrogen-bond acceptors (Lipinski definition) is 4. The van der Waals surface area contributed by atoms with Gasteiger partial charge in [-0.1, -0.05) is 45.8 Å². The predicted molar refractivity (Wildman–Crippen MR) is 111 cm³/mol. The molecule has 0 aliphatic heterocycles. The van der Waals surface area contributed by atoms with Crippen LogP contribution in [0.4, 0.5) is 0 Å². The van der Waals surface area contributed by atoms with Gasteiger partial charge in [0.1, 0.15) is 11.6 Å². The van der Waals surface area contributed by atoms with Gasteiger partial charge in [-0.05, 0) is 61.2 Å². The second-order valence-corrected chi connectivity index (χ2v) is 11.9. The van der Waals surface area contributed by atoms with Gasteiger partial charge in [0.15, 0.2) is 0 Å². The summed E-state index contributed by atoms with van der Waals surface area (Å²) in [4.78, 5) is 38.6. The Kier molecular flexibility index (Phi) is 4.29. The first-order valence-corrected chi connectivity index (χ1v) is 12.1. The minimum Gasteiger partial charge on any atom is -0.550 e. The highest BCUT2D eigenvalue weighted by atomic mass is 16.4. The molecule has 0 N–H and O–H groups in total. The van der Waals surface area contributed by atoms with Gasteiger partial charge >= 0.3 is 0 Å². The molecule has 4 fully saturated rings. The molecule has 0 unspecified atom stereocenters. The van der Waals surface area contributed by atoms with Gasteiger partial charge in [-0.15, -0.1) is 0 Å². The fourth-order valence-corrected chi connectivity index (χ4v) is 9.33. The van der Waals surface area contributed by atoms with Gasteiger partial charge in [-0.2, -0.15) is 0 Å². The molecule has 6 aliphatic carbocycles. The van der Waals surface area contributed by atoms with E-state index in [1.165, 1.54) is 5.57 Å². The normalized spacial score (nSPS) is 49.9. The molecule has 8 atom stereocenters. The number of hydrogen-bond donors (Lipinski definition) is 0. The maximum atomic E-state index is 13.3. The number of ketones is 2. The Morgan fingerprint density at radius 2 is 1.77 bits per heavy atom. The molecule has 6 rings (SSSR count). The number of carbonyl (C=O) groups excluding carboxylic acids is 3. The monoisotopic (exact) mass is 411 g/mol. The summed E-state index contributed by atoms with van der Waals surface area (Å²) in [5.41, 5.74) is 0.216. The quantitative estimate of drug-likeness (QED) is 0.649. The Morgan fingerprint density at radius 3 is 2.43 bits per heavy atom. The number of fused-ring (bicyclic) bond motifs is 1. The average molecular weight is 412 g/mol. The van der Waals surface area contributed by atoms with Crippen molar-refractivity contribution in [2.24, 2.45) is 51.8 Å². The zero-order valence-corrected chi connectivity index (χ0v) is 18.8. The molecule has 0 saturated heterocycles. The van der Waals surface area contributed by atoms with E-state index in [2.05, 4.69) is 26.8 Å². The lowest BCUT2D eigenvalue weighted by Crippen LogP contribution is -2.67. The van der Waals surface area contributed by atoms with Crippen molar-refractivity contribution in [1.29, 1.82) is 0 Å². The summed E-state index contributed by atoms with van der Waals surface area (Å²) in [7, 11) is 0. The van der Waals surface area contributed by atoms with Crippen LogP contribution in [0.2, 0.25) is 0 Å². The standard InChI is InChI=1S/C26H36O4/c1-14(2)16-13-26-11-8-19-24(3,9-5-10-25(19,4)23(29)30)20(26)12-15(16)21-17(27)6-7-18(28)22(21)26/h13-15,19-22H,5-12H2,1-4H3,(H,29,30)/p-1/t15-,19-,20-,21-,22+,24-,25+,26-/m0/s1. The first kappa shape index (κ1) is 20.5. The van der Waals surface area contributed by atoms with Crippen LogP contribution < -0.4 is 5.11 Å². The molecule has 0 aromatic carbocycles. The number of carboxylic acids is 1. The van der Waals surface area contributed by atoms with E-state index in [0.29, 0.717) is 31.0 Å². The van der Waals surface area contributed by atoms with E-state index in [-0.39, 0.29) is 46.2 Å². The summed E-state index contributed by atoms with van der Waals surface area (Å²) < 4.78 is 0. The average Bonchev–Trinajstić information content (AvgIpc) is 2.69. The van der Waals surface area contributed by atoms with Crippen molar-refractivity contribution in [1.82, 2.24) is 0 Å². The fourth-order valence-electron chi connectivity index (χ4n) is 9.33. The Bertz CT molecular complexity index is 855. The molecular formula is C26H35O4-. The van der Waals surface area contributed by atoms with Crippen molar-refractivity contribution >= 4 is 17.5 Å². The lowest BCUT2D eigenvalue weighted by Gasteiger charge is -2.70. The molecule has 1 spiro atoms. The van der Waals surface area contributed by atoms with Crippen LogP contribution in [0.25, 0.3) is 0 Å². The molecule has 0 radical (unpaired) electrons. The Hall–Kier alpha value is -1.45. The van der Waals surface area contributed by atoms with E-state index in [1.807, 2.05) is 6.92 Å². The summed E-state index contributed by atoms with van der Waals surface area (Å²) in [5.74, 6) is 0.261. The highest BCUT2D eigenvalue weighted by Crippen LogP contribution is 2.74. The molecule has 164 valence electrons. The SMILES string of the molecule is CC(C)C1=C[C@@]23CC[C@H]4[C@](C)(CCC[C@@]4(C)C(=O)[O-])[C@@H]2C[C@@H]1[C@H]1C(=O)CCC(=O)[C@H]13. The van der Waals surface area contributed by atoms with E-state index in [4.69, 9.17) is 0 Å². The van der Waals surface area contributed by atoms with Crippen molar-refractivity contribution in [3.05, 3.63) is 11.6 Å². The van der Waals surface area contributed by atoms with Gasteiger partial charge in [-0.3, -0.25) is 9.59 Å². The summed E-state index contributed by atoms with van der Waals surface area (Å²) in [5, 5.41) is 12.2. The second-order valence-electron chi connectivity index (χ2n) is 11.9. The van der Waals surface area contributed by atoms with Crippen LogP contribution in [0.1, 0.15) is 79.1 Å². The van der Waals surface area contributed by atoms with Crippen molar-refractivity contribution in [2.75, 3.05) is 0 Å². The lowest BCUT2D eigenvalue weighted by molar-refractivity contribution is -0.328. The molecule has 0 aromatic heterocycles. The third kappa shape index (κ3) is 2.31. The molecule has 0 amide bonds. The maximum Gasteiger partial charge on any atom is 0.138 e. The fraction of sp³-hybridized carbons (Fsp3) is 0.808. The molecule has 0 heterocycles. The van der Waals surface area contributed by atoms with Crippen molar-refractivity contribution in [2.45, 2.75) is 79.1 Å². The molecule has 30 heavy (non-hydrogen) atoms. The number of allylic oxidation sites excluding steroid dienone is 2. The molecule has 4 nitrogen and oxygen atoms in total. The van der Waals surface area contributed by atoms with Crippen molar-refractivity contribution < 1.29 is 19.5 Å². The molecule has 4 heteroatoms. The largest absolute Gasteiger partial charge is 0.550 e. The lowest BCUT2D eigenvalue weighted by atomic mass is 9.33. The minimum atomic E-state index is -0.907. The smallest absolute Gasteiger partial charge is 0.138 e. The van der Waals surface area contributed by atoms with Crippen LogP contribution in [0.5, 0.6) is 0 Å². The minimum absolute atomic E-state index is 0.0856. The van der Waals surface area contributed by atoms with E-state index in [9.17, 15) is 19.5 Å². The maximum absolute atomic E-state index is 13.3. The van der Waals surface area contributed by atoms with E-state index >= 15 is 0 Å². The van der Waals surface area contributed by atoms with Crippen LogP contribution in [0, 0.1) is 51.8 Å². The van der Waals surface area contributed by atoms with Gasteiger partial charge < -0.3 is 9.90 Å². The second kappa shape index (κ2) is 6.29. The van der Waals surface area contributed by atoms with Crippen LogP contribution in [0.15, 0.2) is 11.6 Å². The van der Waals surface area contributed by atoms with E-state index in [1.54, 1.807) is 0 Å². The van der Waals surface area contributed by atoms with Crippen LogP contribution >= 0.6 is 0 Å². The first-order chi connectivity index (χ1) is 14.1. The van der Waals surface area contributed by atoms with Gasteiger partial charge in [0, 0.05) is 41.5 Å². The highest BCUT2D eigenvalue weighted by Gasteiger charge is 2.70. The number of aliphatic carboxylic acids is 1. The zero-order chi connectivity index (χ0) is 21.6. The van der Waals surface area contributed by atoms with E-state index < -0.39 is 11.4 Å². The zero-order valence-electron chi connectivity index (χ0n) is 18.8.